The summed E-state index contributed by atoms with van der Waals surface area (Å²) in [4.78, 5) is 0. The summed E-state index contributed by atoms with van der Waals surface area (Å²) in [5.74, 6) is -0.449. The quantitative estimate of drug-likeness (QED) is 0.899. The van der Waals surface area contributed by atoms with Crippen LogP contribution in [0.5, 0.6) is 0 Å². The zero-order valence-electron chi connectivity index (χ0n) is 11.2. The van der Waals surface area contributed by atoms with Crippen molar-refractivity contribution >= 4 is 5.88 Å². The molecule has 1 aliphatic rings. The van der Waals surface area contributed by atoms with Crippen molar-refractivity contribution in [1.29, 1.82) is 0 Å². The maximum Gasteiger partial charge on any atom is 0.230 e. The zero-order valence-corrected chi connectivity index (χ0v) is 11.2. The van der Waals surface area contributed by atoms with Crippen molar-refractivity contribution in [2.24, 2.45) is 5.92 Å². The molecule has 106 valence electrons. The number of hydrogen-bond donors (Lipinski definition) is 1. The van der Waals surface area contributed by atoms with Gasteiger partial charge in [-0.3, -0.25) is 0 Å². The Morgan fingerprint density at radius 1 is 1.20 bits per heavy atom. The second-order valence-electron chi connectivity index (χ2n) is 5.48. The number of nitrogens with zero attached hydrogens (tertiary/aromatic N) is 1. The number of nitrogen functional groups attached to an aromatic ring is 1. The highest BCUT2D eigenvalue weighted by atomic mass is 19.1. The lowest BCUT2D eigenvalue weighted by molar-refractivity contribution is 0.407. The molecule has 3 rings (SSSR count). The third kappa shape index (κ3) is 2.17. The van der Waals surface area contributed by atoms with Gasteiger partial charge in [0, 0.05) is 12.0 Å². The van der Waals surface area contributed by atoms with Crippen LogP contribution in [0.15, 0.2) is 22.7 Å². The molecule has 2 N–H and O–H groups in total. The van der Waals surface area contributed by atoms with Crippen molar-refractivity contribution in [1.82, 2.24) is 5.16 Å². The molecule has 1 aliphatic carbocycles. The predicted molar refractivity (Wildman–Crippen MR) is 72.0 cm³/mol. The summed E-state index contributed by atoms with van der Waals surface area (Å²) in [6, 6.07) is 3.36. The number of hydrogen-bond acceptors (Lipinski definition) is 3. The molecular weight excluding hydrogens is 262 g/mol. The van der Waals surface area contributed by atoms with E-state index in [0.29, 0.717) is 17.0 Å². The highest BCUT2D eigenvalue weighted by molar-refractivity contribution is 5.75. The van der Waals surface area contributed by atoms with Crippen LogP contribution in [0.25, 0.3) is 11.1 Å². The van der Waals surface area contributed by atoms with Crippen LogP contribution in [-0.4, -0.2) is 5.16 Å². The van der Waals surface area contributed by atoms with Gasteiger partial charge in [-0.15, -0.1) is 0 Å². The van der Waals surface area contributed by atoms with Crippen LogP contribution in [0.4, 0.5) is 14.7 Å². The molecule has 1 aromatic carbocycles. The second kappa shape index (κ2) is 4.89. The van der Waals surface area contributed by atoms with Gasteiger partial charge in [-0.05, 0) is 30.0 Å². The minimum absolute atomic E-state index is 0.115. The Morgan fingerprint density at radius 3 is 2.50 bits per heavy atom. The summed E-state index contributed by atoms with van der Waals surface area (Å²) in [7, 11) is 0. The monoisotopic (exact) mass is 278 g/mol. The van der Waals surface area contributed by atoms with Crippen LogP contribution < -0.4 is 5.73 Å². The summed E-state index contributed by atoms with van der Waals surface area (Å²) in [5, 5.41) is 4.04. The van der Waals surface area contributed by atoms with Gasteiger partial charge in [0.05, 0.1) is 11.3 Å². The Balaban J connectivity index is 2.11. The van der Waals surface area contributed by atoms with E-state index in [1.807, 2.05) is 0 Å². The van der Waals surface area contributed by atoms with Crippen LogP contribution >= 0.6 is 0 Å². The van der Waals surface area contributed by atoms with E-state index in [4.69, 9.17) is 10.3 Å². The summed E-state index contributed by atoms with van der Waals surface area (Å²) < 4.78 is 31.9. The lowest BCUT2D eigenvalue weighted by Gasteiger charge is -2.14. The van der Waals surface area contributed by atoms with Gasteiger partial charge in [0.2, 0.25) is 5.88 Å². The smallest absolute Gasteiger partial charge is 0.230 e. The average molecular weight is 278 g/mol. The Bertz CT molecular complexity index is 619. The predicted octanol–water partition coefficient (Wildman–Crippen LogP) is 4.11. The highest BCUT2D eigenvalue weighted by Gasteiger charge is 2.31. The maximum absolute atomic E-state index is 13.4. The van der Waals surface area contributed by atoms with Crippen LogP contribution in [0, 0.1) is 17.6 Å². The maximum atomic E-state index is 13.4. The van der Waals surface area contributed by atoms with Crippen molar-refractivity contribution in [3.8, 4) is 11.1 Å². The van der Waals surface area contributed by atoms with Gasteiger partial charge in [0.25, 0.3) is 0 Å². The van der Waals surface area contributed by atoms with Gasteiger partial charge in [-0.1, -0.05) is 24.9 Å². The molecule has 0 bridgehead atoms. The molecule has 0 amide bonds. The third-order valence-electron chi connectivity index (χ3n) is 4.11. The molecule has 0 radical (unpaired) electrons. The summed E-state index contributed by atoms with van der Waals surface area (Å²) in [6.45, 7) is 2.15. The zero-order chi connectivity index (χ0) is 14.3. The second-order valence-corrected chi connectivity index (χ2v) is 5.48. The van der Waals surface area contributed by atoms with Crippen molar-refractivity contribution < 1.29 is 13.3 Å². The largest absolute Gasteiger partial charge is 0.367 e. The molecule has 2 aromatic rings. The van der Waals surface area contributed by atoms with E-state index in [-0.39, 0.29) is 11.8 Å². The summed E-state index contributed by atoms with van der Waals surface area (Å²) in [6.07, 6.45) is 3.24. The fourth-order valence-electron chi connectivity index (χ4n) is 3.11. The molecule has 1 fully saturated rings. The Hall–Kier alpha value is -1.91. The van der Waals surface area contributed by atoms with Crippen molar-refractivity contribution in [3.63, 3.8) is 0 Å². The molecule has 2 unspecified atom stereocenters. The average Bonchev–Trinajstić information content (AvgIpc) is 2.93. The van der Waals surface area contributed by atoms with Gasteiger partial charge >= 0.3 is 0 Å². The van der Waals surface area contributed by atoms with Crippen LogP contribution in [0.3, 0.4) is 0 Å². The molecule has 1 aromatic heterocycles. The lowest BCUT2D eigenvalue weighted by atomic mass is 9.90. The van der Waals surface area contributed by atoms with E-state index in [9.17, 15) is 8.78 Å². The van der Waals surface area contributed by atoms with Gasteiger partial charge < -0.3 is 10.3 Å². The van der Waals surface area contributed by atoms with E-state index in [0.717, 1.165) is 31.0 Å². The first-order valence-electron chi connectivity index (χ1n) is 6.77. The fourth-order valence-corrected chi connectivity index (χ4v) is 3.11. The van der Waals surface area contributed by atoms with Gasteiger partial charge in [0.1, 0.15) is 11.6 Å². The normalized spacial score (nSPS) is 22.4. The molecular formula is C15H16F2N2O. The number of anilines is 1. The fraction of sp³-hybridized carbons (Fsp3) is 0.400. The Kier molecular flexibility index (Phi) is 3.20. The van der Waals surface area contributed by atoms with E-state index < -0.39 is 11.6 Å². The van der Waals surface area contributed by atoms with E-state index in [2.05, 4.69) is 12.1 Å². The first-order chi connectivity index (χ1) is 9.56. The topological polar surface area (TPSA) is 52.0 Å². The van der Waals surface area contributed by atoms with Crippen LogP contribution in [0.2, 0.25) is 0 Å². The Labute approximate surface area is 115 Å². The van der Waals surface area contributed by atoms with E-state index in [1.165, 1.54) is 12.1 Å². The lowest BCUT2D eigenvalue weighted by Crippen LogP contribution is -2.04. The molecule has 0 aliphatic heterocycles. The molecule has 0 spiro atoms. The first kappa shape index (κ1) is 13.1. The first-order valence-corrected chi connectivity index (χ1v) is 6.77. The van der Waals surface area contributed by atoms with Crippen molar-refractivity contribution in [2.45, 2.75) is 32.1 Å². The highest BCUT2D eigenvalue weighted by Crippen LogP contribution is 2.44. The van der Waals surface area contributed by atoms with Gasteiger partial charge in [0.15, 0.2) is 0 Å². The number of benzene rings is 1. The van der Waals surface area contributed by atoms with Crippen LogP contribution in [0.1, 0.15) is 37.8 Å². The molecule has 1 heterocycles. The number of nitrogens with two attached hydrogens (primary N) is 1. The standard InChI is InChI=1S/C15H16F2N2O/c1-8-3-2-4-12(8)14-13(15(18)20-19-14)9-5-10(16)7-11(17)6-9/h5-8,12H,2-4,18H2,1H3. The van der Waals surface area contributed by atoms with E-state index >= 15 is 0 Å². The summed E-state index contributed by atoms with van der Waals surface area (Å²) >= 11 is 0. The molecule has 1 saturated carbocycles. The van der Waals surface area contributed by atoms with Gasteiger partial charge in [-0.25, -0.2) is 8.78 Å². The number of aromatic nitrogens is 1. The van der Waals surface area contributed by atoms with E-state index in [1.54, 1.807) is 0 Å². The number of halogens is 2. The molecule has 3 nitrogen and oxygen atoms in total. The number of rotatable bonds is 2. The third-order valence-corrected chi connectivity index (χ3v) is 4.11. The van der Waals surface area contributed by atoms with Crippen molar-refractivity contribution in [2.75, 3.05) is 5.73 Å². The molecule has 20 heavy (non-hydrogen) atoms. The summed E-state index contributed by atoms with van der Waals surface area (Å²) in [5.41, 5.74) is 7.45. The Morgan fingerprint density at radius 2 is 1.90 bits per heavy atom. The molecule has 2 atom stereocenters. The van der Waals surface area contributed by atoms with Crippen LogP contribution in [-0.2, 0) is 0 Å². The van der Waals surface area contributed by atoms with Crippen molar-refractivity contribution in [3.05, 3.63) is 35.5 Å². The SMILES string of the molecule is CC1CCCC1c1noc(N)c1-c1cc(F)cc(F)c1. The minimum atomic E-state index is -0.633. The minimum Gasteiger partial charge on any atom is -0.367 e. The molecule has 5 heteroatoms. The molecule has 0 saturated heterocycles. The van der Waals surface area contributed by atoms with Gasteiger partial charge in [-0.2, -0.15) is 0 Å².